The van der Waals surface area contributed by atoms with Crippen LogP contribution >= 0.6 is 0 Å². The SMILES string of the molecule is CN1CCNC1C[N+](=O)[O-]. The molecule has 1 N–H and O–H groups in total. The zero-order chi connectivity index (χ0) is 7.56. The van der Waals surface area contributed by atoms with E-state index in [1.54, 1.807) is 0 Å². The van der Waals surface area contributed by atoms with Crippen molar-refractivity contribution in [3.8, 4) is 0 Å². The second kappa shape index (κ2) is 2.94. The average Bonchev–Trinajstić information content (AvgIpc) is 2.15. The minimum Gasteiger partial charge on any atom is -0.295 e. The molecule has 5 heteroatoms. The molecule has 1 aliphatic heterocycles. The van der Waals surface area contributed by atoms with Crippen LogP contribution in [0.15, 0.2) is 0 Å². The third-order valence-corrected chi connectivity index (χ3v) is 1.70. The Morgan fingerprint density at radius 3 is 3.00 bits per heavy atom. The predicted octanol–water partition coefficient (Wildman–Crippen LogP) is -0.876. The van der Waals surface area contributed by atoms with Crippen molar-refractivity contribution < 1.29 is 4.92 Å². The largest absolute Gasteiger partial charge is 0.295 e. The van der Waals surface area contributed by atoms with Crippen LogP contribution in [-0.4, -0.2) is 42.7 Å². The quantitative estimate of drug-likeness (QED) is 0.405. The molecule has 58 valence electrons. The van der Waals surface area contributed by atoms with E-state index in [0.717, 1.165) is 13.1 Å². The van der Waals surface area contributed by atoms with Gasteiger partial charge in [-0.05, 0) is 7.05 Å². The van der Waals surface area contributed by atoms with Gasteiger partial charge in [-0.15, -0.1) is 0 Å². The third-order valence-electron chi connectivity index (χ3n) is 1.70. The van der Waals surface area contributed by atoms with Gasteiger partial charge in [-0.25, -0.2) is 0 Å². The lowest BCUT2D eigenvalue weighted by Gasteiger charge is -2.13. The summed E-state index contributed by atoms with van der Waals surface area (Å²) in [6, 6.07) is 0. The van der Waals surface area contributed by atoms with Crippen LogP contribution in [0.2, 0.25) is 0 Å². The van der Waals surface area contributed by atoms with Crippen molar-refractivity contribution in [3.63, 3.8) is 0 Å². The van der Waals surface area contributed by atoms with Crippen LogP contribution in [0.5, 0.6) is 0 Å². The van der Waals surface area contributed by atoms with Crippen LogP contribution in [0, 0.1) is 10.1 Å². The Hall–Kier alpha value is -0.680. The van der Waals surface area contributed by atoms with Gasteiger partial charge in [0.25, 0.3) is 0 Å². The normalized spacial score (nSPS) is 27.1. The molecule has 0 spiro atoms. The van der Waals surface area contributed by atoms with Gasteiger partial charge in [0.1, 0.15) is 6.17 Å². The van der Waals surface area contributed by atoms with Crippen LogP contribution in [0.3, 0.4) is 0 Å². The maximum absolute atomic E-state index is 10.0. The van der Waals surface area contributed by atoms with E-state index >= 15 is 0 Å². The molecular formula is C5H11N3O2. The molecule has 0 aromatic rings. The summed E-state index contributed by atoms with van der Waals surface area (Å²) in [6.45, 7) is 1.75. The Kier molecular flexibility index (Phi) is 2.18. The van der Waals surface area contributed by atoms with Crippen molar-refractivity contribution in [2.45, 2.75) is 6.17 Å². The molecule has 1 aliphatic rings. The fourth-order valence-electron chi connectivity index (χ4n) is 1.06. The number of nitro groups is 1. The molecule has 1 rings (SSSR count). The van der Waals surface area contributed by atoms with Gasteiger partial charge in [0.05, 0.1) is 0 Å². The number of hydrogen-bond donors (Lipinski definition) is 1. The molecule has 0 aromatic heterocycles. The Labute approximate surface area is 59.2 Å². The molecule has 10 heavy (non-hydrogen) atoms. The van der Waals surface area contributed by atoms with Crippen molar-refractivity contribution in [1.82, 2.24) is 10.2 Å². The number of likely N-dealkylation sites (N-methyl/N-ethyl adjacent to an activating group) is 1. The highest BCUT2D eigenvalue weighted by molar-refractivity contribution is 4.73. The summed E-state index contributed by atoms with van der Waals surface area (Å²) < 4.78 is 0. The topological polar surface area (TPSA) is 58.4 Å². The summed E-state index contributed by atoms with van der Waals surface area (Å²) in [6.07, 6.45) is -0.0602. The average molecular weight is 145 g/mol. The highest BCUT2D eigenvalue weighted by Gasteiger charge is 2.24. The number of hydrogen-bond acceptors (Lipinski definition) is 4. The van der Waals surface area contributed by atoms with E-state index in [4.69, 9.17) is 0 Å². The zero-order valence-corrected chi connectivity index (χ0v) is 5.91. The smallest absolute Gasteiger partial charge is 0.232 e. The molecule has 0 radical (unpaired) electrons. The van der Waals surface area contributed by atoms with Crippen LogP contribution in [0.25, 0.3) is 0 Å². The molecule has 0 aromatic carbocycles. The van der Waals surface area contributed by atoms with Crippen molar-refractivity contribution in [1.29, 1.82) is 0 Å². The summed E-state index contributed by atoms with van der Waals surface area (Å²) in [7, 11) is 1.88. The molecule has 0 bridgehead atoms. The maximum Gasteiger partial charge on any atom is 0.232 e. The van der Waals surface area contributed by atoms with E-state index in [0.29, 0.717) is 0 Å². The van der Waals surface area contributed by atoms with Crippen LogP contribution in [0.1, 0.15) is 0 Å². The lowest BCUT2D eigenvalue weighted by molar-refractivity contribution is -0.486. The first kappa shape index (κ1) is 7.43. The fourth-order valence-corrected chi connectivity index (χ4v) is 1.06. The summed E-state index contributed by atoms with van der Waals surface area (Å²) in [5.74, 6) is 0. The van der Waals surface area contributed by atoms with E-state index in [2.05, 4.69) is 5.32 Å². The second-order valence-corrected chi connectivity index (χ2v) is 2.47. The molecular weight excluding hydrogens is 134 g/mol. The summed E-state index contributed by atoms with van der Waals surface area (Å²) >= 11 is 0. The van der Waals surface area contributed by atoms with Gasteiger partial charge in [-0.2, -0.15) is 0 Å². The monoisotopic (exact) mass is 145 g/mol. The van der Waals surface area contributed by atoms with Gasteiger partial charge in [0.2, 0.25) is 6.54 Å². The molecule has 1 heterocycles. The fraction of sp³-hybridized carbons (Fsp3) is 1.00. The minimum absolute atomic E-state index is 0.00347. The second-order valence-electron chi connectivity index (χ2n) is 2.47. The van der Waals surface area contributed by atoms with Gasteiger partial charge in [0, 0.05) is 18.0 Å². The van der Waals surface area contributed by atoms with E-state index < -0.39 is 0 Å². The first-order valence-electron chi connectivity index (χ1n) is 3.25. The molecule has 1 unspecified atom stereocenters. The lowest BCUT2D eigenvalue weighted by atomic mass is 10.5. The molecule has 1 atom stereocenters. The van der Waals surface area contributed by atoms with Crippen LogP contribution in [0.4, 0.5) is 0 Å². The van der Waals surface area contributed by atoms with Gasteiger partial charge in [0.15, 0.2) is 0 Å². The summed E-state index contributed by atoms with van der Waals surface area (Å²) in [4.78, 5) is 11.7. The Balaban J connectivity index is 2.33. The minimum atomic E-state index is -0.292. The van der Waals surface area contributed by atoms with Gasteiger partial charge >= 0.3 is 0 Å². The molecule has 0 saturated carbocycles. The highest BCUT2D eigenvalue weighted by Crippen LogP contribution is 1.98. The van der Waals surface area contributed by atoms with Crippen molar-refractivity contribution >= 4 is 0 Å². The molecule has 1 fully saturated rings. The highest BCUT2D eigenvalue weighted by atomic mass is 16.6. The maximum atomic E-state index is 10.0. The molecule has 5 nitrogen and oxygen atoms in total. The third kappa shape index (κ3) is 1.65. The molecule has 0 amide bonds. The van der Waals surface area contributed by atoms with Gasteiger partial charge in [-0.3, -0.25) is 20.3 Å². The Bertz CT molecular complexity index is 139. The van der Waals surface area contributed by atoms with Gasteiger partial charge in [-0.1, -0.05) is 0 Å². The Morgan fingerprint density at radius 1 is 1.90 bits per heavy atom. The van der Waals surface area contributed by atoms with Crippen LogP contribution < -0.4 is 5.32 Å². The van der Waals surface area contributed by atoms with E-state index in [9.17, 15) is 10.1 Å². The van der Waals surface area contributed by atoms with E-state index in [-0.39, 0.29) is 17.6 Å². The van der Waals surface area contributed by atoms with Gasteiger partial charge < -0.3 is 0 Å². The van der Waals surface area contributed by atoms with E-state index in [1.807, 2.05) is 11.9 Å². The lowest BCUT2D eigenvalue weighted by Crippen LogP contribution is -2.39. The van der Waals surface area contributed by atoms with E-state index in [1.165, 1.54) is 0 Å². The first-order valence-corrected chi connectivity index (χ1v) is 3.25. The Morgan fingerprint density at radius 2 is 2.60 bits per heavy atom. The molecule has 0 aliphatic carbocycles. The van der Waals surface area contributed by atoms with Crippen molar-refractivity contribution in [2.75, 3.05) is 26.7 Å². The summed E-state index contributed by atoms with van der Waals surface area (Å²) in [5.41, 5.74) is 0. The summed E-state index contributed by atoms with van der Waals surface area (Å²) in [5, 5.41) is 13.1. The standard InChI is InChI=1S/C5H11N3O2/c1-7-3-2-6-5(7)4-8(9)10/h5-6H,2-4H2,1H3. The number of nitrogens with one attached hydrogen (secondary N) is 1. The van der Waals surface area contributed by atoms with Crippen molar-refractivity contribution in [3.05, 3.63) is 10.1 Å². The van der Waals surface area contributed by atoms with Crippen LogP contribution in [-0.2, 0) is 0 Å². The molecule has 1 saturated heterocycles. The number of nitrogens with zero attached hydrogens (tertiary/aromatic N) is 2. The zero-order valence-electron chi connectivity index (χ0n) is 5.91. The van der Waals surface area contributed by atoms with Crippen molar-refractivity contribution in [2.24, 2.45) is 0 Å². The first-order chi connectivity index (χ1) is 4.70. The predicted molar refractivity (Wildman–Crippen MR) is 36.3 cm³/mol. The number of rotatable bonds is 2.